The number of morpholine rings is 1. The second kappa shape index (κ2) is 22.4. The fourth-order valence-corrected chi connectivity index (χ4v) is 4.90. The van der Waals surface area contributed by atoms with Gasteiger partial charge in [0.2, 0.25) is 23.5 Å². The number of primary amides is 1. The monoisotopic (exact) mass is 668 g/mol. The molecule has 2 rings (SSSR count). The Kier molecular flexibility index (Phi) is 20.8. The maximum Gasteiger partial charge on any atom is 0.315 e. The number of amides is 6. The van der Waals surface area contributed by atoms with Crippen molar-refractivity contribution >= 4 is 35.4 Å². The number of ketones is 1. The van der Waals surface area contributed by atoms with Crippen LogP contribution in [0, 0.1) is 17.3 Å². The van der Waals surface area contributed by atoms with Gasteiger partial charge in [0.05, 0.1) is 25.8 Å². The molecule has 0 bridgehead atoms. The maximum atomic E-state index is 13.8. The van der Waals surface area contributed by atoms with Crippen LogP contribution < -0.4 is 21.7 Å². The minimum atomic E-state index is -1.13. The minimum absolute atomic E-state index is 0.0513. The highest BCUT2D eigenvalue weighted by molar-refractivity contribution is 6.37. The maximum absolute atomic E-state index is 13.8. The van der Waals surface area contributed by atoms with Crippen LogP contribution in [0.15, 0.2) is 0 Å². The number of nitrogens with two attached hydrogens (primary N) is 1. The van der Waals surface area contributed by atoms with Crippen molar-refractivity contribution in [2.45, 2.75) is 126 Å². The van der Waals surface area contributed by atoms with E-state index in [1.807, 2.05) is 20.8 Å². The second-order valence-corrected chi connectivity index (χ2v) is 13.6. The lowest BCUT2D eigenvalue weighted by Gasteiger charge is -2.36. The van der Waals surface area contributed by atoms with E-state index in [2.05, 4.69) is 43.6 Å². The molecule has 5 atom stereocenters. The predicted molar refractivity (Wildman–Crippen MR) is 183 cm³/mol. The molecule has 0 aromatic heterocycles. The first-order valence-corrected chi connectivity index (χ1v) is 17.3. The first-order valence-electron chi connectivity index (χ1n) is 17.3. The van der Waals surface area contributed by atoms with E-state index in [-0.39, 0.29) is 37.3 Å². The Morgan fingerprint density at radius 2 is 1.47 bits per heavy atom. The number of rotatable bonds is 12. The van der Waals surface area contributed by atoms with E-state index >= 15 is 0 Å². The topological polar surface area (TPSA) is 180 Å². The molecule has 2 aliphatic rings. The Bertz CT molecular complexity index is 1010. The summed E-state index contributed by atoms with van der Waals surface area (Å²) in [7, 11) is 0. The average Bonchev–Trinajstić information content (AvgIpc) is 3.42. The van der Waals surface area contributed by atoms with Gasteiger partial charge in [-0.25, -0.2) is 4.79 Å². The zero-order valence-electron chi connectivity index (χ0n) is 30.7. The molecule has 13 nitrogen and oxygen atoms in total. The van der Waals surface area contributed by atoms with Crippen LogP contribution in [-0.4, -0.2) is 103 Å². The van der Waals surface area contributed by atoms with Crippen molar-refractivity contribution in [2.75, 3.05) is 39.4 Å². The minimum Gasteiger partial charge on any atom is -0.378 e. The molecule has 272 valence electrons. The van der Waals surface area contributed by atoms with Gasteiger partial charge in [-0.15, -0.1) is 0 Å². The van der Waals surface area contributed by atoms with Crippen LogP contribution in [0.3, 0.4) is 0 Å². The number of urea groups is 1. The fraction of sp³-hybridized carbons (Fsp3) is 0.824. The van der Waals surface area contributed by atoms with Crippen LogP contribution >= 0.6 is 0 Å². The number of carbonyl (C=O) groups is 6. The van der Waals surface area contributed by atoms with Crippen LogP contribution in [0.2, 0.25) is 0 Å². The van der Waals surface area contributed by atoms with E-state index in [1.165, 1.54) is 24.2 Å². The van der Waals surface area contributed by atoms with Crippen LogP contribution in [0.5, 0.6) is 0 Å². The Balaban J connectivity index is 0.00000275. The lowest BCUT2D eigenvalue weighted by Crippen LogP contribution is -2.61. The number of nitrogens with one attached hydrogen (secondary N) is 3. The summed E-state index contributed by atoms with van der Waals surface area (Å²) in [6.45, 7) is 21.5. The summed E-state index contributed by atoms with van der Waals surface area (Å²) < 4.78 is 5.24. The van der Waals surface area contributed by atoms with Crippen LogP contribution in [0.1, 0.15) is 108 Å². The summed E-state index contributed by atoms with van der Waals surface area (Å²) in [5.74, 6) is -3.43. The molecule has 47 heavy (non-hydrogen) atoms. The molecule has 13 heteroatoms. The van der Waals surface area contributed by atoms with Gasteiger partial charge in [-0.05, 0) is 30.1 Å². The Morgan fingerprint density at radius 1 is 0.915 bits per heavy atom. The van der Waals surface area contributed by atoms with Gasteiger partial charge in [-0.3, -0.25) is 24.0 Å². The molecule has 6 amide bonds. The number of unbranched alkanes of at least 4 members (excludes halogenated alkanes) is 1. The number of carbonyl (C=O) groups excluding carboxylic acids is 6. The van der Waals surface area contributed by atoms with E-state index in [0.717, 1.165) is 6.42 Å². The number of Topliss-reactive ketones (excluding diaryl/α,β-unsaturated/α-hetero) is 1. The summed E-state index contributed by atoms with van der Waals surface area (Å²) in [6.07, 6.45) is 5.41. The molecule has 2 saturated heterocycles. The molecule has 0 spiro atoms. The first-order chi connectivity index (χ1) is 22.0. The molecule has 0 aromatic carbocycles. The van der Waals surface area contributed by atoms with E-state index < -0.39 is 53.1 Å². The van der Waals surface area contributed by atoms with E-state index in [0.29, 0.717) is 32.7 Å². The van der Waals surface area contributed by atoms with Gasteiger partial charge in [0.15, 0.2) is 0 Å². The van der Waals surface area contributed by atoms with Gasteiger partial charge in [-0.1, -0.05) is 94.9 Å². The van der Waals surface area contributed by atoms with Gasteiger partial charge in [0, 0.05) is 19.6 Å². The third kappa shape index (κ3) is 15.5. The van der Waals surface area contributed by atoms with Crippen molar-refractivity contribution in [3.8, 4) is 0 Å². The standard InChI is InChI=1S/C27H46N6O7.C4H10.C3H8/c1-7-16(2)14-18(21(35)23(28)36)30-24(37)20-17(3)8-9-33(20)25(38)22(27(4,5)6)31-26(39)29-15-19(34)32-10-12-40-13-11-32;1-3-4-2;1-3-2/h16-18,20,22H,7-15H2,1-6H3,(H2,28,36)(H,30,37)(H2,29,31,39);3-4H2,1-2H3;3H2,1-2H3/t16?,17-,18?,20?,22?;;/m0../s1. The van der Waals surface area contributed by atoms with Gasteiger partial charge < -0.3 is 36.2 Å². The molecule has 5 N–H and O–H groups in total. The third-order valence-corrected chi connectivity index (χ3v) is 8.12. The van der Waals surface area contributed by atoms with E-state index in [4.69, 9.17) is 10.5 Å². The molecule has 2 fully saturated rings. The summed E-state index contributed by atoms with van der Waals surface area (Å²) in [6, 6.07) is -3.67. The van der Waals surface area contributed by atoms with Crippen molar-refractivity contribution in [3.05, 3.63) is 0 Å². The third-order valence-electron chi connectivity index (χ3n) is 8.12. The van der Waals surface area contributed by atoms with Crippen molar-refractivity contribution in [1.82, 2.24) is 25.8 Å². The summed E-state index contributed by atoms with van der Waals surface area (Å²) >= 11 is 0. The average molecular weight is 669 g/mol. The Morgan fingerprint density at radius 3 is 1.94 bits per heavy atom. The van der Waals surface area contributed by atoms with Crippen molar-refractivity contribution in [1.29, 1.82) is 0 Å². The molecule has 0 saturated carbocycles. The highest BCUT2D eigenvalue weighted by atomic mass is 16.5. The zero-order valence-corrected chi connectivity index (χ0v) is 30.7. The Hall–Kier alpha value is -3.22. The lowest BCUT2D eigenvalue weighted by molar-refractivity contribution is -0.144. The van der Waals surface area contributed by atoms with Gasteiger partial charge in [-0.2, -0.15) is 0 Å². The molecule has 0 radical (unpaired) electrons. The number of hydrogen-bond acceptors (Lipinski definition) is 7. The van der Waals surface area contributed by atoms with E-state index in [9.17, 15) is 28.8 Å². The first kappa shape index (κ1) is 43.8. The van der Waals surface area contributed by atoms with Gasteiger partial charge >= 0.3 is 6.03 Å². The smallest absolute Gasteiger partial charge is 0.315 e. The SMILES string of the molecule is CCC.CCC(C)CC(NC(=O)C1[C@@H](C)CCN1C(=O)C(NC(=O)NCC(=O)N1CCOCC1)C(C)(C)C)C(=O)C(N)=O.CCCC. The highest BCUT2D eigenvalue weighted by Crippen LogP contribution is 2.29. The number of ether oxygens (including phenoxy) is 1. The summed E-state index contributed by atoms with van der Waals surface area (Å²) in [5.41, 5.74) is 4.50. The lowest BCUT2D eigenvalue weighted by atomic mass is 9.85. The molecule has 0 aliphatic carbocycles. The summed E-state index contributed by atoms with van der Waals surface area (Å²) in [5, 5.41) is 7.89. The normalized spacial score (nSPS) is 19.4. The van der Waals surface area contributed by atoms with Crippen molar-refractivity contribution < 1.29 is 33.5 Å². The van der Waals surface area contributed by atoms with Crippen molar-refractivity contribution in [2.24, 2.45) is 23.0 Å². The predicted octanol–water partition coefficient (Wildman–Crippen LogP) is 2.99. The molecule has 2 aliphatic heterocycles. The molecular formula is C34H64N6O7. The fourth-order valence-electron chi connectivity index (χ4n) is 4.90. The quantitative estimate of drug-likeness (QED) is 0.231. The van der Waals surface area contributed by atoms with Crippen molar-refractivity contribution in [3.63, 3.8) is 0 Å². The van der Waals surface area contributed by atoms with Gasteiger partial charge in [0.1, 0.15) is 12.1 Å². The van der Waals surface area contributed by atoms with Crippen LogP contribution in [0.4, 0.5) is 4.79 Å². The molecular weight excluding hydrogens is 604 g/mol. The summed E-state index contributed by atoms with van der Waals surface area (Å²) in [4.78, 5) is 79.5. The largest absolute Gasteiger partial charge is 0.378 e. The van der Waals surface area contributed by atoms with E-state index in [1.54, 1.807) is 25.7 Å². The van der Waals surface area contributed by atoms with Crippen LogP contribution in [-0.2, 0) is 28.7 Å². The molecule has 2 heterocycles. The van der Waals surface area contributed by atoms with Crippen LogP contribution in [0.25, 0.3) is 0 Å². The second-order valence-electron chi connectivity index (χ2n) is 13.6. The highest BCUT2D eigenvalue weighted by Gasteiger charge is 2.45. The number of hydrogen-bond donors (Lipinski definition) is 4. The Labute approximate surface area is 282 Å². The number of nitrogens with zero attached hydrogens (tertiary/aromatic N) is 2. The number of likely N-dealkylation sites (tertiary alicyclic amines) is 1. The van der Waals surface area contributed by atoms with Gasteiger partial charge in [0.25, 0.3) is 5.91 Å². The molecule has 0 aromatic rings. The molecule has 4 unspecified atom stereocenters. The zero-order chi connectivity index (χ0) is 36.3.